The Morgan fingerprint density at radius 2 is 1.88 bits per heavy atom. The molecule has 4 heteroatoms. The van der Waals surface area contributed by atoms with Crippen LogP contribution in [0.5, 0.6) is 0 Å². The molecule has 1 fully saturated rings. The van der Waals surface area contributed by atoms with Crippen molar-refractivity contribution in [1.29, 1.82) is 0 Å². The molecule has 4 rings (SSSR count). The van der Waals surface area contributed by atoms with E-state index in [9.17, 15) is 4.79 Å². The molecule has 0 spiro atoms. The molecule has 0 aliphatic carbocycles. The van der Waals surface area contributed by atoms with E-state index >= 15 is 0 Å². The Morgan fingerprint density at radius 3 is 2.67 bits per heavy atom. The minimum absolute atomic E-state index is 0.0261. The lowest BCUT2D eigenvalue weighted by atomic mass is 9.81. The summed E-state index contributed by atoms with van der Waals surface area (Å²) in [6, 6.07) is 18.3. The van der Waals surface area contributed by atoms with E-state index in [4.69, 9.17) is 4.74 Å². The van der Waals surface area contributed by atoms with Crippen LogP contribution in [0, 0.1) is 0 Å². The molecule has 0 radical (unpaired) electrons. The molecule has 2 aliphatic heterocycles. The van der Waals surface area contributed by atoms with Gasteiger partial charge in [0.2, 0.25) is 0 Å². The molecule has 2 unspecified atom stereocenters. The molecule has 0 saturated carbocycles. The van der Waals surface area contributed by atoms with Crippen molar-refractivity contribution in [2.24, 2.45) is 0 Å². The maximum Gasteiger partial charge on any atom is 0.411 e. The summed E-state index contributed by atoms with van der Waals surface area (Å²) in [5.41, 5.74) is 3.52. The minimum atomic E-state index is -0.229. The summed E-state index contributed by atoms with van der Waals surface area (Å²) >= 11 is 0. The van der Waals surface area contributed by atoms with E-state index in [1.807, 2.05) is 35.2 Å². The highest BCUT2D eigenvalue weighted by Gasteiger charge is 2.55. The Balaban J connectivity index is 1.53. The van der Waals surface area contributed by atoms with Gasteiger partial charge in [0.1, 0.15) is 12.8 Å². The molecule has 0 N–H and O–H groups in total. The summed E-state index contributed by atoms with van der Waals surface area (Å²) in [7, 11) is 2.07. The molecule has 0 bridgehead atoms. The van der Waals surface area contributed by atoms with Gasteiger partial charge in [0.25, 0.3) is 0 Å². The average molecular weight is 322 g/mol. The first-order chi connectivity index (χ1) is 11.6. The molecule has 1 amide bonds. The molecule has 24 heavy (non-hydrogen) atoms. The number of hydrogen-bond donors (Lipinski definition) is 0. The lowest BCUT2D eigenvalue weighted by molar-refractivity contribution is 0.0884. The minimum Gasteiger partial charge on any atom is -0.444 e. The summed E-state index contributed by atoms with van der Waals surface area (Å²) in [4.78, 5) is 16.8. The van der Waals surface area contributed by atoms with Gasteiger partial charge >= 0.3 is 6.09 Å². The average Bonchev–Trinajstić information content (AvgIpc) is 3.08. The molecule has 4 nitrogen and oxygen atoms in total. The number of carbonyl (C=O) groups excluding carboxylic acids is 1. The van der Waals surface area contributed by atoms with Gasteiger partial charge in [-0.15, -0.1) is 0 Å². The molecule has 0 aromatic heterocycles. The number of anilines is 1. The van der Waals surface area contributed by atoms with Gasteiger partial charge < -0.3 is 9.64 Å². The highest BCUT2D eigenvalue weighted by molar-refractivity contribution is 5.73. The molecule has 124 valence electrons. The molecule has 2 aliphatic rings. The zero-order valence-corrected chi connectivity index (χ0v) is 14.1. The van der Waals surface area contributed by atoms with Gasteiger partial charge in [-0.1, -0.05) is 55.5 Å². The van der Waals surface area contributed by atoms with Crippen molar-refractivity contribution >= 4 is 11.8 Å². The van der Waals surface area contributed by atoms with Gasteiger partial charge in [0.05, 0.1) is 0 Å². The van der Waals surface area contributed by atoms with E-state index in [2.05, 4.69) is 43.1 Å². The van der Waals surface area contributed by atoms with Crippen molar-refractivity contribution in [3.8, 4) is 0 Å². The second-order valence-electron chi connectivity index (χ2n) is 6.90. The number of carbonyl (C=O) groups is 1. The molecule has 1 saturated heterocycles. The smallest absolute Gasteiger partial charge is 0.411 e. The lowest BCUT2D eigenvalue weighted by Crippen LogP contribution is -2.49. The summed E-state index contributed by atoms with van der Waals surface area (Å²) in [6.45, 7) is 3.30. The fourth-order valence-electron chi connectivity index (χ4n) is 4.25. The highest BCUT2D eigenvalue weighted by atomic mass is 16.6. The van der Waals surface area contributed by atoms with Crippen molar-refractivity contribution < 1.29 is 9.53 Å². The molecule has 2 heterocycles. The van der Waals surface area contributed by atoms with Gasteiger partial charge in [-0.3, -0.25) is 4.90 Å². The Morgan fingerprint density at radius 1 is 1.17 bits per heavy atom. The van der Waals surface area contributed by atoms with Crippen LogP contribution in [-0.2, 0) is 16.8 Å². The number of ether oxygens (including phenoxy) is 1. The number of hydrogen-bond acceptors (Lipinski definition) is 3. The van der Waals surface area contributed by atoms with Crippen LogP contribution >= 0.6 is 0 Å². The van der Waals surface area contributed by atoms with E-state index in [1.54, 1.807) is 0 Å². The molecular formula is C20H22N2O2. The van der Waals surface area contributed by atoms with Gasteiger partial charge in [0.15, 0.2) is 0 Å². The quantitative estimate of drug-likeness (QED) is 0.844. The number of para-hydroxylation sites is 1. The standard InChI is InChI=1S/C20H22N2O2/c1-20-12-13-22(19(23)24-14-15-8-4-3-5-9-15)18(20)21(2)17-11-7-6-10-16(17)20/h3-11,18H,12-14H2,1-2H3. The summed E-state index contributed by atoms with van der Waals surface area (Å²) in [6.07, 6.45) is 0.754. The predicted molar refractivity (Wildman–Crippen MR) is 93.9 cm³/mol. The van der Waals surface area contributed by atoms with Crippen LogP contribution in [-0.4, -0.2) is 30.8 Å². The van der Waals surface area contributed by atoms with E-state index in [0.717, 1.165) is 18.5 Å². The number of rotatable bonds is 2. The summed E-state index contributed by atoms with van der Waals surface area (Å²) < 4.78 is 5.57. The first-order valence-corrected chi connectivity index (χ1v) is 8.41. The highest BCUT2D eigenvalue weighted by Crippen LogP contribution is 2.51. The summed E-state index contributed by atoms with van der Waals surface area (Å²) in [5.74, 6) is 0. The summed E-state index contributed by atoms with van der Waals surface area (Å²) in [5, 5.41) is 0. The fourth-order valence-corrected chi connectivity index (χ4v) is 4.25. The van der Waals surface area contributed by atoms with Crippen LogP contribution in [0.1, 0.15) is 24.5 Å². The van der Waals surface area contributed by atoms with Crippen LogP contribution in [0.3, 0.4) is 0 Å². The lowest BCUT2D eigenvalue weighted by Gasteiger charge is -2.34. The third-order valence-electron chi connectivity index (χ3n) is 5.44. The predicted octanol–water partition coefficient (Wildman–Crippen LogP) is 3.76. The first kappa shape index (κ1) is 15.1. The Labute approximate surface area is 142 Å². The monoisotopic (exact) mass is 322 g/mol. The van der Waals surface area contributed by atoms with Gasteiger partial charge in [-0.2, -0.15) is 0 Å². The van der Waals surface area contributed by atoms with Crippen molar-refractivity contribution in [3.05, 3.63) is 65.7 Å². The molecular weight excluding hydrogens is 300 g/mol. The third kappa shape index (κ3) is 2.17. The second-order valence-corrected chi connectivity index (χ2v) is 6.90. The Kier molecular flexibility index (Phi) is 3.48. The van der Waals surface area contributed by atoms with E-state index in [-0.39, 0.29) is 17.7 Å². The number of nitrogens with zero attached hydrogens (tertiary/aromatic N) is 2. The van der Waals surface area contributed by atoms with Crippen LogP contribution in [0.25, 0.3) is 0 Å². The van der Waals surface area contributed by atoms with Gasteiger partial charge in [-0.25, -0.2) is 4.79 Å². The van der Waals surface area contributed by atoms with Crippen molar-refractivity contribution in [3.63, 3.8) is 0 Å². The van der Waals surface area contributed by atoms with Crippen LogP contribution in [0.2, 0.25) is 0 Å². The second kappa shape index (κ2) is 5.55. The normalized spacial score (nSPS) is 24.7. The zero-order valence-electron chi connectivity index (χ0n) is 14.1. The van der Waals surface area contributed by atoms with Gasteiger partial charge in [-0.05, 0) is 23.6 Å². The zero-order chi connectivity index (χ0) is 16.7. The first-order valence-electron chi connectivity index (χ1n) is 8.41. The molecule has 2 atom stereocenters. The Bertz CT molecular complexity index is 761. The maximum absolute atomic E-state index is 12.7. The van der Waals surface area contributed by atoms with Crippen molar-refractivity contribution in [1.82, 2.24) is 4.90 Å². The Hall–Kier alpha value is -2.49. The van der Waals surface area contributed by atoms with Crippen LogP contribution in [0.15, 0.2) is 54.6 Å². The van der Waals surface area contributed by atoms with E-state index in [0.29, 0.717) is 6.61 Å². The number of likely N-dealkylation sites (tertiary alicyclic amines) is 1. The topological polar surface area (TPSA) is 32.8 Å². The number of amides is 1. The van der Waals surface area contributed by atoms with Crippen molar-refractivity contribution in [2.45, 2.75) is 31.5 Å². The number of fused-ring (bicyclic) bond motifs is 3. The maximum atomic E-state index is 12.7. The largest absolute Gasteiger partial charge is 0.444 e. The third-order valence-corrected chi connectivity index (χ3v) is 5.44. The van der Waals surface area contributed by atoms with E-state index < -0.39 is 0 Å². The van der Waals surface area contributed by atoms with E-state index in [1.165, 1.54) is 11.3 Å². The molecule has 2 aromatic rings. The van der Waals surface area contributed by atoms with Gasteiger partial charge in [0, 0.05) is 24.7 Å². The van der Waals surface area contributed by atoms with Crippen molar-refractivity contribution in [2.75, 3.05) is 18.5 Å². The SMILES string of the molecule is CN1c2ccccc2C2(C)CCN(C(=O)OCc3ccccc3)C12. The van der Waals surface area contributed by atoms with Crippen LogP contribution < -0.4 is 4.90 Å². The number of likely N-dealkylation sites (N-methyl/N-ethyl adjacent to an activating group) is 1. The fraction of sp³-hybridized carbons (Fsp3) is 0.350. The van der Waals surface area contributed by atoms with Crippen LogP contribution in [0.4, 0.5) is 10.5 Å². The molecule has 2 aromatic carbocycles. The number of benzene rings is 2.